The van der Waals surface area contributed by atoms with E-state index in [9.17, 15) is 4.79 Å². The number of ether oxygens (including phenoxy) is 1. The van der Waals surface area contributed by atoms with Gasteiger partial charge in [-0.25, -0.2) is 0 Å². The van der Waals surface area contributed by atoms with Crippen LogP contribution in [0.1, 0.15) is 26.3 Å². The molecule has 1 aliphatic heterocycles. The van der Waals surface area contributed by atoms with E-state index >= 15 is 0 Å². The van der Waals surface area contributed by atoms with Crippen LogP contribution in [-0.2, 0) is 11.2 Å². The molecule has 5 heteroatoms. The molecule has 0 saturated carbocycles. The van der Waals surface area contributed by atoms with Gasteiger partial charge in [-0.15, -0.1) is 12.4 Å². The monoisotopic (exact) mass is 312 g/mol. The van der Waals surface area contributed by atoms with Gasteiger partial charge in [-0.3, -0.25) is 4.79 Å². The van der Waals surface area contributed by atoms with Crippen molar-refractivity contribution in [2.75, 3.05) is 19.6 Å². The van der Waals surface area contributed by atoms with Crippen LogP contribution in [0.5, 0.6) is 5.75 Å². The predicted octanol–water partition coefficient (Wildman–Crippen LogP) is 2.26. The maximum Gasteiger partial charge on any atom is 0.227 e. The van der Waals surface area contributed by atoms with Crippen molar-refractivity contribution in [3.63, 3.8) is 0 Å². The van der Waals surface area contributed by atoms with Gasteiger partial charge in [0.1, 0.15) is 5.75 Å². The van der Waals surface area contributed by atoms with E-state index in [1.165, 1.54) is 0 Å². The van der Waals surface area contributed by atoms with Crippen molar-refractivity contribution in [1.29, 1.82) is 0 Å². The van der Waals surface area contributed by atoms with Crippen molar-refractivity contribution in [2.24, 2.45) is 0 Å². The molecule has 2 rings (SSSR count). The summed E-state index contributed by atoms with van der Waals surface area (Å²) in [4.78, 5) is 14.4. The zero-order chi connectivity index (χ0) is 14.5. The molecule has 118 valence electrons. The van der Waals surface area contributed by atoms with E-state index in [-0.39, 0.29) is 30.5 Å². The quantitative estimate of drug-likeness (QED) is 0.927. The predicted molar refractivity (Wildman–Crippen MR) is 87.2 cm³/mol. The summed E-state index contributed by atoms with van der Waals surface area (Å²) in [5.41, 5.74) is 0.969. The highest BCUT2D eigenvalue weighted by molar-refractivity contribution is 5.85. The molecule has 1 amide bonds. The number of carbonyl (C=O) groups excluding carboxylic acids is 1. The van der Waals surface area contributed by atoms with E-state index in [2.05, 4.69) is 12.2 Å². The second-order valence-electron chi connectivity index (χ2n) is 5.59. The molecule has 0 bridgehead atoms. The summed E-state index contributed by atoms with van der Waals surface area (Å²) in [6.45, 7) is 8.61. The lowest BCUT2D eigenvalue weighted by molar-refractivity contribution is -0.133. The Kier molecular flexibility index (Phi) is 6.99. The Morgan fingerprint density at radius 1 is 1.43 bits per heavy atom. The number of nitrogens with zero attached hydrogens (tertiary/aromatic N) is 1. The summed E-state index contributed by atoms with van der Waals surface area (Å²) < 4.78 is 5.78. The Hall–Kier alpha value is -1.26. The van der Waals surface area contributed by atoms with E-state index < -0.39 is 0 Å². The van der Waals surface area contributed by atoms with Gasteiger partial charge in [0, 0.05) is 31.2 Å². The van der Waals surface area contributed by atoms with Gasteiger partial charge < -0.3 is 15.0 Å². The lowest BCUT2D eigenvalue weighted by Gasteiger charge is -2.34. The summed E-state index contributed by atoms with van der Waals surface area (Å²) in [7, 11) is 0. The van der Waals surface area contributed by atoms with Crippen LogP contribution in [0.2, 0.25) is 0 Å². The standard InChI is InChI=1S/C16H24N2O2.ClH/c1-12(2)20-15-7-5-4-6-14(15)10-16(19)18-9-8-17-11-13(18)3;/h4-7,12-13,17H,8-11H2,1-3H3;1H/t13-;/m1./s1. The molecular formula is C16H25ClN2O2. The van der Waals surface area contributed by atoms with Crippen LogP contribution in [-0.4, -0.2) is 42.6 Å². The van der Waals surface area contributed by atoms with Crippen LogP contribution in [0.4, 0.5) is 0 Å². The number of nitrogens with one attached hydrogen (secondary N) is 1. The number of benzene rings is 1. The number of piperazine rings is 1. The zero-order valence-corrected chi connectivity index (χ0v) is 13.8. The first-order chi connectivity index (χ1) is 9.58. The Morgan fingerprint density at radius 3 is 2.81 bits per heavy atom. The van der Waals surface area contributed by atoms with Gasteiger partial charge in [0.15, 0.2) is 0 Å². The first kappa shape index (κ1) is 17.8. The molecule has 1 fully saturated rings. The maximum atomic E-state index is 12.5. The van der Waals surface area contributed by atoms with E-state index in [1.807, 2.05) is 43.0 Å². The Morgan fingerprint density at radius 2 is 2.14 bits per heavy atom. The number of amides is 1. The van der Waals surface area contributed by atoms with Crippen molar-refractivity contribution in [3.8, 4) is 5.75 Å². The molecule has 1 N–H and O–H groups in total. The maximum absolute atomic E-state index is 12.5. The smallest absolute Gasteiger partial charge is 0.227 e. The molecule has 1 aliphatic rings. The number of halogens is 1. The van der Waals surface area contributed by atoms with Gasteiger partial charge in [-0.05, 0) is 26.8 Å². The van der Waals surface area contributed by atoms with Crippen molar-refractivity contribution in [1.82, 2.24) is 10.2 Å². The molecule has 0 spiro atoms. The van der Waals surface area contributed by atoms with Crippen molar-refractivity contribution in [2.45, 2.75) is 39.3 Å². The van der Waals surface area contributed by atoms with Crippen molar-refractivity contribution >= 4 is 18.3 Å². The average molecular weight is 313 g/mol. The van der Waals surface area contributed by atoms with Crippen molar-refractivity contribution in [3.05, 3.63) is 29.8 Å². The van der Waals surface area contributed by atoms with Gasteiger partial charge in [0.25, 0.3) is 0 Å². The summed E-state index contributed by atoms with van der Waals surface area (Å²) >= 11 is 0. The van der Waals surface area contributed by atoms with Gasteiger partial charge >= 0.3 is 0 Å². The minimum Gasteiger partial charge on any atom is -0.491 e. The molecule has 1 saturated heterocycles. The normalized spacial score (nSPS) is 18.3. The number of hydrogen-bond acceptors (Lipinski definition) is 3. The molecule has 1 aromatic rings. The third-order valence-corrected chi connectivity index (χ3v) is 3.50. The van der Waals surface area contributed by atoms with Gasteiger partial charge in [0.05, 0.1) is 12.5 Å². The molecule has 4 nitrogen and oxygen atoms in total. The number of para-hydroxylation sites is 1. The van der Waals surface area contributed by atoms with Crippen LogP contribution in [0.3, 0.4) is 0 Å². The lowest BCUT2D eigenvalue weighted by Crippen LogP contribution is -2.52. The fourth-order valence-corrected chi connectivity index (χ4v) is 2.49. The SMILES string of the molecule is CC(C)Oc1ccccc1CC(=O)N1CCNC[C@H]1C.Cl. The number of carbonyl (C=O) groups is 1. The van der Waals surface area contributed by atoms with E-state index in [0.717, 1.165) is 30.9 Å². The number of hydrogen-bond donors (Lipinski definition) is 1. The average Bonchev–Trinajstić information content (AvgIpc) is 2.41. The first-order valence-corrected chi connectivity index (χ1v) is 7.32. The molecule has 1 atom stereocenters. The van der Waals surface area contributed by atoms with Crippen LogP contribution in [0, 0.1) is 0 Å². The van der Waals surface area contributed by atoms with Gasteiger partial charge in [-0.1, -0.05) is 18.2 Å². The highest BCUT2D eigenvalue weighted by Gasteiger charge is 2.23. The Labute approximate surface area is 133 Å². The minimum absolute atomic E-state index is 0. The molecule has 21 heavy (non-hydrogen) atoms. The molecule has 1 aromatic carbocycles. The topological polar surface area (TPSA) is 41.6 Å². The Bertz CT molecular complexity index is 465. The molecule has 0 radical (unpaired) electrons. The highest BCUT2D eigenvalue weighted by Crippen LogP contribution is 2.21. The van der Waals surface area contributed by atoms with Crippen LogP contribution in [0.15, 0.2) is 24.3 Å². The molecule has 0 unspecified atom stereocenters. The van der Waals surface area contributed by atoms with Crippen LogP contribution >= 0.6 is 12.4 Å². The molecular weight excluding hydrogens is 288 g/mol. The highest BCUT2D eigenvalue weighted by atomic mass is 35.5. The second kappa shape index (κ2) is 8.25. The second-order valence-corrected chi connectivity index (χ2v) is 5.59. The largest absolute Gasteiger partial charge is 0.491 e. The van der Waals surface area contributed by atoms with E-state index in [1.54, 1.807) is 0 Å². The van der Waals surface area contributed by atoms with Gasteiger partial charge in [-0.2, -0.15) is 0 Å². The lowest BCUT2D eigenvalue weighted by atomic mass is 10.1. The summed E-state index contributed by atoms with van der Waals surface area (Å²) in [6.07, 6.45) is 0.525. The fraction of sp³-hybridized carbons (Fsp3) is 0.562. The zero-order valence-electron chi connectivity index (χ0n) is 13.0. The summed E-state index contributed by atoms with van der Waals surface area (Å²) in [6, 6.07) is 8.07. The van der Waals surface area contributed by atoms with E-state index in [0.29, 0.717) is 6.42 Å². The van der Waals surface area contributed by atoms with Crippen molar-refractivity contribution < 1.29 is 9.53 Å². The molecule has 1 heterocycles. The fourth-order valence-electron chi connectivity index (χ4n) is 2.49. The van der Waals surface area contributed by atoms with E-state index in [4.69, 9.17) is 4.74 Å². The first-order valence-electron chi connectivity index (χ1n) is 7.32. The molecule has 0 aliphatic carbocycles. The summed E-state index contributed by atoms with van der Waals surface area (Å²) in [5, 5.41) is 3.30. The number of rotatable bonds is 4. The Balaban J connectivity index is 0.00000220. The minimum atomic E-state index is 0. The molecule has 0 aromatic heterocycles. The van der Waals surface area contributed by atoms with Gasteiger partial charge in [0.2, 0.25) is 5.91 Å². The third kappa shape index (κ3) is 4.90. The third-order valence-electron chi connectivity index (χ3n) is 3.50. The summed E-state index contributed by atoms with van der Waals surface area (Å²) in [5.74, 6) is 0.998. The van der Waals surface area contributed by atoms with Crippen LogP contribution in [0.25, 0.3) is 0 Å². The van der Waals surface area contributed by atoms with Crippen LogP contribution < -0.4 is 10.1 Å².